The lowest BCUT2D eigenvalue weighted by molar-refractivity contribution is 0.328. The molecule has 0 unspecified atom stereocenters. The van der Waals surface area contributed by atoms with Gasteiger partial charge >= 0.3 is 0 Å². The number of hydrogen-bond acceptors (Lipinski definition) is 6. The van der Waals surface area contributed by atoms with Crippen molar-refractivity contribution in [3.8, 4) is 22.8 Å². The highest BCUT2D eigenvalue weighted by Gasteiger charge is 2.09. The highest BCUT2D eigenvalue weighted by Crippen LogP contribution is 2.24. The highest BCUT2D eigenvalue weighted by atomic mass is 16.5. The van der Waals surface area contributed by atoms with Gasteiger partial charge in [-0.15, -0.1) is 5.10 Å². The molecule has 2 aromatic heterocycles. The summed E-state index contributed by atoms with van der Waals surface area (Å²) in [5.41, 5.74) is 9.07. The Bertz CT molecular complexity index is 1060. The molecule has 0 aliphatic carbocycles. The van der Waals surface area contributed by atoms with Gasteiger partial charge < -0.3 is 20.5 Å². The normalized spacial score (nSPS) is 10.8. The molecule has 0 radical (unpaired) electrons. The molecule has 4 aromatic rings. The number of anilines is 2. The molecule has 0 amide bonds. The lowest BCUT2D eigenvalue weighted by Gasteiger charge is -2.06. The smallest absolute Gasteiger partial charge is 0.247 e. The molecule has 0 spiro atoms. The Balaban J connectivity index is 1.59. The maximum absolute atomic E-state index is 5.49. The second kappa shape index (κ2) is 7.98. The van der Waals surface area contributed by atoms with Gasteiger partial charge in [0.2, 0.25) is 5.95 Å². The molecular weight excluding hydrogens is 354 g/mol. The van der Waals surface area contributed by atoms with Crippen molar-refractivity contribution in [1.29, 1.82) is 0 Å². The number of nitrogens with one attached hydrogen (secondary N) is 1. The van der Waals surface area contributed by atoms with Gasteiger partial charge in [0, 0.05) is 17.8 Å². The minimum Gasteiger partial charge on any atom is -0.497 e. The van der Waals surface area contributed by atoms with Gasteiger partial charge in [-0.25, -0.2) is 4.52 Å². The van der Waals surface area contributed by atoms with Crippen molar-refractivity contribution in [2.45, 2.75) is 0 Å². The van der Waals surface area contributed by atoms with Crippen LogP contribution in [-0.4, -0.2) is 34.9 Å². The third-order valence-electron chi connectivity index (χ3n) is 4.24. The van der Waals surface area contributed by atoms with E-state index >= 15 is 0 Å². The second-order valence-electron chi connectivity index (χ2n) is 6.13. The Morgan fingerprint density at radius 1 is 0.964 bits per heavy atom. The lowest BCUT2D eigenvalue weighted by atomic mass is 10.1. The van der Waals surface area contributed by atoms with E-state index in [1.165, 1.54) is 0 Å². The molecule has 7 nitrogen and oxygen atoms in total. The Kier molecular flexibility index (Phi) is 5.07. The molecule has 2 heterocycles. The minimum atomic E-state index is 0.488. The van der Waals surface area contributed by atoms with Crippen molar-refractivity contribution < 1.29 is 9.47 Å². The molecule has 0 aliphatic heterocycles. The average Bonchev–Trinajstić information content (AvgIpc) is 3.16. The van der Waals surface area contributed by atoms with Crippen LogP contribution in [0.15, 0.2) is 66.7 Å². The average molecular weight is 375 g/mol. The van der Waals surface area contributed by atoms with E-state index in [0.717, 1.165) is 34.1 Å². The summed E-state index contributed by atoms with van der Waals surface area (Å²) in [6.45, 7) is 0.983. The number of benzene rings is 2. The van der Waals surface area contributed by atoms with Gasteiger partial charge in [0.25, 0.3) is 0 Å². The van der Waals surface area contributed by atoms with Crippen molar-refractivity contribution in [3.05, 3.63) is 66.7 Å². The maximum atomic E-state index is 5.49. The van der Waals surface area contributed by atoms with E-state index in [1.807, 2.05) is 71.2 Å². The Hall–Kier alpha value is -3.58. The number of hydrogen-bond donors (Lipinski definition) is 2. The topological polar surface area (TPSA) is 86.7 Å². The molecule has 0 saturated heterocycles. The van der Waals surface area contributed by atoms with Crippen LogP contribution >= 0.6 is 0 Å². The molecule has 2 aromatic carbocycles. The molecule has 0 aliphatic rings. The number of fused-ring (bicyclic) bond motifs is 1. The molecule has 142 valence electrons. The summed E-state index contributed by atoms with van der Waals surface area (Å²) in [6, 6.07) is 21.4. The van der Waals surface area contributed by atoms with Crippen LogP contribution in [0.5, 0.6) is 11.5 Å². The van der Waals surface area contributed by atoms with Gasteiger partial charge in [0.15, 0.2) is 5.65 Å². The summed E-state index contributed by atoms with van der Waals surface area (Å²) in [5.74, 6) is 2.12. The van der Waals surface area contributed by atoms with E-state index in [1.54, 1.807) is 7.11 Å². The van der Waals surface area contributed by atoms with Crippen LogP contribution in [0.25, 0.3) is 16.9 Å². The van der Waals surface area contributed by atoms with Crippen LogP contribution < -0.4 is 20.5 Å². The van der Waals surface area contributed by atoms with Crippen LogP contribution in [0.4, 0.5) is 11.6 Å². The van der Waals surface area contributed by atoms with Gasteiger partial charge in [-0.05, 0) is 60.7 Å². The molecule has 3 N–H and O–H groups in total. The number of nitrogens with two attached hydrogens (primary N) is 1. The number of aromatic nitrogens is 3. The van der Waals surface area contributed by atoms with Gasteiger partial charge in [-0.1, -0.05) is 6.07 Å². The quantitative estimate of drug-likeness (QED) is 0.514. The number of methoxy groups -OCH3 is 1. The minimum absolute atomic E-state index is 0.488. The first-order chi connectivity index (χ1) is 13.8. The monoisotopic (exact) mass is 375 g/mol. The summed E-state index contributed by atoms with van der Waals surface area (Å²) < 4.78 is 12.5. The number of ether oxygens (including phenoxy) is 2. The largest absolute Gasteiger partial charge is 0.497 e. The molecule has 0 saturated carbocycles. The second-order valence-corrected chi connectivity index (χ2v) is 6.13. The number of pyridine rings is 1. The summed E-state index contributed by atoms with van der Waals surface area (Å²) in [6.07, 6.45) is 0. The molecule has 7 heteroatoms. The van der Waals surface area contributed by atoms with Crippen molar-refractivity contribution in [3.63, 3.8) is 0 Å². The Labute approximate surface area is 162 Å². The predicted octanol–water partition coefficient (Wildman–Crippen LogP) is 3.49. The fourth-order valence-corrected chi connectivity index (χ4v) is 2.88. The Morgan fingerprint density at radius 3 is 2.43 bits per heavy atom. The standard InChI is InChI=1S/C21H21N5O2/c1-27-17-9-5-15(6-10-17)19-3-2-4-20-24-21(25-26(19)20)23-16-7-11-18(12-8-16)28-14-13-22/h2-12H,13-14,22H2,1H3,(H,23,25). The van der Waals surface area contributed by atoms with Gasteiger partial charge in [0.1, 0.15) is 18.1 Å². The molecule has 0 fully saturated rings. The third-order valence-corrected chi connectivity index (χ3v) is 4.24. The first-order valence-electron chi connectivity index (χ1n) is 8.97. The summed E-state index contributed by atoms with van der Waals surface area (Å²) in [7, 11) is 1.65. The van der Waals surface area contributed by atoms with Crippen molar-refractivity contribution in [2.75, 3.05) is 25.6 Å². The van der Waals surface area contributed by atoms with Gasteiger partial charge in [-0.2, -0.15) is 4.98 Å². The van der Waals surface area contributed by atoms with Crippen LogP contribution in [-0.2, 0) is 0 Å². The van der Waals surface area contributed by atoms with E-state index in [9.17, 15) is 0 Å². The lowest BCUT2D eigenvalue weighted by Crippen LogP contribution is -2.10. The first-order valence-corrected chi connectivity index (χ1v) is 8.97. The van der Waals surface area contributed by atoms with Crippen molar-refractivity contribution in [1.82, 2.24) is 14.6 Å². The van der Waals surface area contributed by atoms with E-state index in [4.69, 9.17) is 15.2 Å². The molecular formula is C21H21N5O2. The summed E-state index contributed by atoms with van der Waals surface area (Å²) in [4.78, 5) is 4.57. The van der Waals surface area contributed by atoms with E-state index < -0.39 is 0 Å². The number of rotatable bonds is 7. The maximum Gasteiger partial charge on any atom is 0.247 e. The molecule has 0 bridgehead atoms. The zero-order chi connectivity index (χ0) is 19.3. The predicted molar refractivity (Wildman–Crippen MR) is 109 cm³/mol. The van der Waals surface area contributed by atoms with Crippen LogP contribution in [0.1, 0.15) is 0 Å². The fraction of sp³-hybridized carbons (Fsp3) is 0.143. The van der Waals surface area contributed by atoms with E-state index in [-0.39, 0.29) is 0 Å². The van der Waals surface area contributed by atoms with E-state index in [0.29, 0.717) is 19.1 Å². The van der Waals surface area contributed by atoms with Crippen molar-refractivity contribution >= 4 is 17.3 Å². The third kappa shape index (κ3) is 3.74. The first kappa shape index (κ1) is 17.8. The van der Waals surface area contributed by atoms with E-state index in [2.05, 4.69) is 15.4 Å². The highest BCUT2D eigenvalue weighted by molar-refractivity contribution is 5.65. The summed E-state index contributed by atoms with van der Waals surface area (Å²) >= 11 is 0. The number of nitrogens with zero attached hydrogens (tertiary/aromatic N) is 3. The zero-order valence-electron chi connectivity index (χ0n) is 15.5. The van der Waals surface area contributed by atoms with Crippen molar-refractivity contribution in [2.24, 2.45) is 5.73 Å². The zero-order valence-corrected chi connectivity index (χ0v) is 15.5. The fourth-order valence-electron chi connectivity index (χ4n) is 2.88. The Morgan fingerprint density at radius 2 is 1.71 bits per heavy atom. The molecule has 4 rings (SSSR count). The van der Waals surface area contributed by atoms with Crippen LogP contribution in [0.2, 0.25) is 0 Å². The summed E-state index contributed by atoms with van der Waals surface area (Å²) in [5, 5.41) is 7.84. The van der Waals surface area contributed by atoms with Gasteiger partial charge in [-0.3, -0.25) is 0 Å². The molecule has 0 atom stereocenters. The van der Waals surface area contributed by atoms with Gasteiger partial charge in [0.05, 0.1) is 12.8 Å². The molecule has 28 heavy (non-hydrogen) atoms. The SMILES string of the molecule is COc1ccc(-c2cccc3nc(Nc4ccc(OCCN)cc4)nn23)cc1. The van der Waals surface area contributed by atoms with Crippen LogP contribution in [0.3, 0.4) is 0 Å². The van der Waals surface area contributed by atoms with Crippen LogP contribution in [0, 0.1) is 0 Å².